The quantitative estimate of drug-likeness (QED) is 0.778. The molecule has 1 aliphatic carbocycles. The molecular weight excluding hydrogens is 212 g/mol. The average Bonchev–Trinajstić information content (AvgIpc) is 2.39. The van der Waals surface area contributed by atoms with Gasteiger partial charge in [0.15, 0.2) is 0 Å². The van der Waals surface area contributed by atoms with Crippen LogP contribution in [0, 0.1) is 5.92 Å². The second kappa shape index (κ2) is 4.40. The molecular formula is C14H18N2O. The Hall–Kier alpha value is -1.51. The molecule has 1 aromatic rings. The molecule has 0 aromatic heterocycles. The number of rotatable bonds is 1. The van der Waals surface area contributed by atoms with Gasteiger partial charge in [0.05, 0.1) is 11.4 Å². The van der Waals surface area contributed by atoms with Gasteiger partial charge in [-0.1, -0.05) is 31.4 Å². The highest BCUT2D eigenvalue weighted by molar-refractivity contribution is 6.03. The standard InChI is InChI=1S/C14H18N2O/c17-14-13(10-6-2-1-3-7-10)15-11-8-4-5-9-12(11)16-14/h4-5,8-10,13,15H,1-3,6-7H2,(H,16,17). The third-order valence-corrected chi connectivity index (χ3v) is 3.90. The van der Waals surface area contributed by atoms with Crippen molar-refractivity contribution in [2.75, 3.05) is 10.6 Å². The summed E-state index contributed by atoms with van der Waals surface area (Å²) in [5.74, 6) is 0.632. The van der Waals surface area contributed by atoms with Crippen molar-refractivity contribution in [3.05, 3.63) is 24.3 Å². The molecule has 3 heteroatoms. The summed E-state index contributed by atoms with van der Waals surface area (Å²) < 4.78 is 0. The second-order valence-electron chi connectivity index (χ2n) is 5.05. The van der Waals surface area contributed by atoms with Crippen molar-refractivity contribution in [2.45, 2.75) is 38.1 Å². The summed E-state index contributed by atoms with van der Waals surface area (Å²) in [5.41, 5.74) is 1.97. The van der Waals surface area contributed by atoms with Crippen LogP contribution in [-0.4, -0.2) is 11.9 Å². The summed E-state index contributed by atoms with van der Waals surface area (Å²) in [6.45, 7) is 0. The van der Waals surface area contributed by atoms with Crippen molar-refractivity contribution in [3.8, 4) is 0 Å². The third-order valence-electron chi connectivity index (χ3n) is 3.90. The van der Waals surface area contributed by atoms with Crippen molar-refractivity contribution in [1.82, 2.24) is 0 Å². The number of fused-ring (bicyclic) bond motifs is 1. The summed E-state index contributed by atoms with van der Waals surface area (Å²) in [7, 11) is 0. The van der Waals surface area contributed by atoms with E-state index in [1.807, 2.05) is 24.3 Å². The van der Waals surface area contributed by atoms with Gasteiger partial charge in [-0.05, 0) is 30.9 Å². The predicted molar refractivity (Wildman–Crippen MR) is 69.1 cm³/mol. The smallest absolute Gasteiger partial charge is 0.247 e. The molecule has 1 heterocycles. The van der Waals surface area contributed by atoms with Crippen LogP contribution in [0.15, 0.2) is 24.3 Å². The highest BCUT2D eigenvalue weighted by Gasteiger charge is 2.32. The zero-order valence-corrected chi connectivity index (χ0v) is 9.91. The fourth-order valence-corrected chi connectivity index (χ4v) is 2.96. The molecule has 90 valence electrons. The van der Waals surface area contributed by atoms with Gasteiger partial charge in [-0.2, -0.15) is 0 Å². The molecule has 3 rings (SSSR count). The lowest BCUT2D eigenvalue weighted by molar-refractivity contribution is -0.118. The number of benzene rings is 1. The molecule has 2 N–H and O–H groups in total. The maximum Gasteiger partial charge on any atom is 0.247 e. The number of carbonyl (C=O) groups excluding carboxylic acids is 1. The van der Waals surface area contributed by atoms with Gasteiger partial charge in [-0.3, -0.25) is 4.79 Å². The van der Waals surface area contributed by atoms with E-state index in [1.54, 1.807) is 0 Å². The second-order valence-corrected chi connectivity index (χ2v) is 5.05. The van der Waals surface area contributed by atoms with E-state index in [-0.39, 0.29) is 11.9 Å². The molecule has 1 amide bonds. The first-order valence-electron chi connectivity index (χ1n) is 6.51. The van der Waals surface area contributed by atoms with E-state index in [9.17, 15) is 4.79 Å². The SMILES string of the molecule is O=C1Nc2ccccc2NC1C1CCCCC1. The molecule has 1 unspecified atom stereocenters. The van der Waals surface area contributed by atoms with Crippen molar-refractivity contribution in [3.63, 3.8) is 0 Å². The average molecular weight is 230 g/mol. The van der Waals surface area contributed by atoms with Gasteiger partial charge >= 0.3 is 0 Å². The Balaban J connectivity index is 1.81. The van der Waals surface area contributed by atoms with Crippen molar-refractivity contribution >= 4 is 17.3 Å². The molecule has 17 heavy (non-hydrogen) atoms. The van der Waals surface area contributed by atoms with E-state index in [0.29, 0.717) is 5.92 Å². The number of para-hydroxylation sites is 2. The number of carbonyl (C=O) groups is 1. The van der Waals surface area contributed by atoms with Crippen molar-refractivity contribution < 1.29 is 4.79 Å². The normalized spacial score (nSPS) is 24.7. The van der Waals surface area contributed by atoms with Crippen LogP contribution >= 0.6 is 0 Å². The molecule has 3 nitrogen and oxygen atoms in total. The lowest BCUT2D eigenvalue weighted by Crippen LogP contribution is -2.44. The highest BCUT2D eigenvalue weighted by Crippen LogP contribution is 2.33. The first-order valence-corrected chi connectivity index (χ1v) is 6.51. The van der Waals surface area contributed by atoms with Crippen molar-refractivity contribution in [1.29, 1.82) is 0 Å². The summed E-state index contributed by atoms with van der Waals surface area (Å²) in [5, 5.41) is 6.41. The summed E-state index contributed by atoms with van der Waals surface area (Å²) in [4.78, 5) is 12.1. The van der Waals surface area contributed by atoms with E-state index in [0.717, 1.165) is 11.4 Å². The Labute approximate surface area is 102 Å². The maximum atomic E-state index is 12.1. The Morgan fingerprint density at radius 3 is 2.47 bits per heavy atom. The van der Waals surface area contributed by atoms with E-state index in [1.165, 1.54) is 32.1 Å². The minimum Gasteiger partial charge on any atom is -0.372 e. The number of anilines is 2. The van der Waals surface area contributed by atoms with Crippen LogP contribution in [0.4, 0.5) is 11.4 Å². The number of nitrogens with one attached hydrogen (secondary N) is 2. The van der Waals surface area contributed by atoms with Gasteiger partial charge in [0.2, 0.25) is 5.91 Å². The summed E-state index contributed by atoms with van der Waals surface area (Å²) >= 11 is 0. The fourth-order valence-electron chi connectivity index (χ4n) is 2.96. The van der Waals surface area contributed by atoms with Crippen LogP contribution < -0.4 is 10.6 Å². The molecule has 1 atom stereocenters. The Morgan fingerprint density at radius 2 is 1.71 bits per heavy atom. The summed E-state index contributed by atoms with van der Waals surface area (Å²) in [6, 6.07) is 7.88. The largest absolute Gasteiger partial charge is 0.372 e. The van der Waals surface area contributed by atoms with Crippen LogP contribution in [0.3, 0.4) is 0 Å². The lowest BCUT2D eigenvalue weighted by Gasteiger charge is -2.34. The van der Waals surface area contributed by atoms with Crippen LogP contribution in [0.1, 0.15) is 32.1 Å². The molecule has 0 spiro atoms. The molecule has 0 saturated heterocycles. The maximum absolute atomic E-state index is 12.1. The molecule has 0 radical (unpaired) electrons. The molecule has 0 bridgehead atoms. The van der Waals surface area contributed by atoms with Crippen LogP contribution in [0.25, 0.3) is 0 Å². The van der Waals surface area contributed by atoms with Gasteiger partial charge in [-0.15, -0.1) is 0 Å². The minimum absolute atomic E-state index is 0.0369. The fraction of sp³-hybridized carbons (Fsp3) is 0.500. The minimum atomic E-state index is -0.0369. The zero-order chi connectivity index (χ0) is 11.7. The number of hydrogen-bond acceptors (Lipinski definition) is 2. The van der Waals surface area contributed by atoms with Crippen LogP contribution in [0.2, 0.25) is 0 Å². The third kappa shape index (κ3) is 2.02. The van der Waals surface area contributed by atoms with E-state index >= 15 is 0 Å². The van der Waals surface area contributed by atoms with Gasteiger partial charge in [-0.25, -0.2) is 0 Å². The van der Waals surface area contributed by atoms with E-state index in [2.05, 4.69) is 10.6 Å². The van der Waals surface area contributed by atoms with Gasteiger partial charge < -0.3 is 10.6 Å². The molecule has 1 aromatic carbocycles. The molecule has 1 fully saturated rings. The molecule has 2 aliphatic rings. The molecule has 1 aliphatic heterocycles. The predicted octanol–water partition coefficient (Wildman–Crippen LogP) is 3.00. The highest BCUT2D eigenvalue weighted by atomic mass is 16.2. The van der Waals surface area contributed by atoms with Gasteiger partial charge in [0.25, 0.3) is 0 Å². The van der Waals surface area contributed by atoms with Crippen LogP contribution in [-0.2, 0) is 4.79 Å². The number of hydrogen-bond donors (Lipinski definition) is 2. The summed E-state index contributed by atoms with van der Waals surface area (Å²) in [6.07, 6.45) is 6.19. The Bertz CT molecular complexity index is 424. The van der Waals surface area contributed by atoms with Crippen LogP contribution in [0.5, 0.6) is 0 Å². The topological polar surface area (TPSA) is 41.1 Å². The van der Waals surface area contributed by atoms with Gasteiger partial charge in [0.1, 0.15) is 6.04 Å². The Morgan fingerprint density at radius 1 is 1.00 bits per heavy atom. The number of amides is 1. The Kier molecular flexibility index (Phi) is 2.75. The van der Waals surface area contributed by atoms with E-state index < -0.39 is 0 Å². The van der Waals surface area contributed by atoms with E-state index in [4.69, 9.17) is 0 Å². The monoisotopic (exact) mass is 230 g/mol. The van der Waals surface area contributed by atoms with Crippen molar-refractivity contribution in [2.24, 2.45) is 5.92 Å². The first-order chi connectivity index (χ1) is 8.34. The first kappa shape index (κ1) is 10.6. The molecule has 1 saturated carbocycles. The zero-order valence-electron chi connectivity index (χ0n) is 9.91. The van der Waals surface area contributed by atoms with Gasteiger partial charge in [0, 0.05) is 0 Å². The lowest BCUT2D eigenvalue weighted by atomic mass is 9.83.